The van der Waals surface area contributed by atoms with Crippen LogP contribution in [0.2, 0.25) is 0 Å². The summed E-state index contributed by atoms with van der Waals surface area (Å²) in [6.45, 7) is 3.15. The first-order valence-corrected chi connectivity index (χ1v) is 8.78. The zero-order chi connectivity index (χ0) is 18.1. The number of halogens is 2. The molecule has 1 aromatic carbocycles. The van der Waals surface area contributed by atoms with Gasteiger partial charge in [0.25, 0.3) is 5.91 Å². The van der Waals surface area contributed by atoms with Crippen molar-refractivity contribution in [1.82, 2.24) is 4.98 Å². The second-order valence-electron chi connectivity index (χ2n) is 5.27. The number of hydrogen-bond donors (Lipinski definition) is 1. The highest BCUT2D eigenvalue weighted by atomic mass is 79.9. The number of carbonyl (C=O) groups excluding carboxylic acids is 2. The van der Waals surface area contributed by atoms with Gasteiger partial charge in [-0.1, -0.05) is 0 Å². The van der Waals surface area contributed by atoms with Gasteiger partial charge >= 0.3 is 5.97 Å². The molecule has 1 aliphatic rings. The minimum atomic E-state index is -0.429. The molecular formula is C17H12Br2N2O4. The zero-order valence-electron chi connectivity index (χ0n) is 13.2. The monoisotopic (exact) mass is 466 g/mol. The Labute approximate surface area is 160 Å². The Morgan fingerprint density at radius 1 is 1.28 bits per heavy atom. The van der Waals surface area contributed by atoms with E-state index in [1.807, 2.05) is 6.92 Å². The summed E-state index contributed by atoms with van der Waals surface area (Å²) in [4.78, 5) is 27.6. The number of nitrogens with one attached hydrogen (secondary N) is 1. The van der Waals surface area contributed by atoms with Crippen LogP contribution in [0.5, 0.6) is 11.5 Å². The summed E-state index contributed by atoms with van der Waals surface area (Å²) in [5.74, 6) is 0.565. The first-order valence-electron chi connectivity index (χ1n) is 7.19. The molecule has 1 N–H and O–H groups in total. The molecule has 1 amide bonds. The Morgan fingerprint density at radius 2 is 1.96 bits per heavy atom. The molecule has 0 bridgehead atoms. The van der Waals surface area contributed by atoms with E-state index in [1.165, 1.54) is 6.92 Å². The van der Waals surface area contributed by atoms with Gasteiger partial charge in [-0.15, -0.1) is 0 Å². The van der Waals surface area contributed by atoms with Crippen LogP contribution in [0.4, 0.5) is 5.82 Å². The van der Waals surface area contributed by atoms with Crippen LogP contribution in [0.15, 0.2) is 39.0 Å². The van der Waals surface area contributed by atoms with Crippen LogP contribution < -0.4 is 14.8 Å². The molecule has 128 valence electrons. The summed E-state index contributed by atoms with van der Waals surface area (Å²) in [6.07, 6.45) is 1.59. The van der Waals surface area contributed by atoms with Gasteiger partial charge in [0.2, 0.25) is 0 Å². The van der Waals surface area contributed by atoms with E-state index in [0.29, 0.717) is 31.8 Å². The number of anilines is 1. The highest BCUT2D eigenvalue weighted by Crippen LogP contribution is 2.36. The van der Waals surface area contributed by atoms with Crippen molar-refractivity contribution in [3.05, 3.63) is 50.2 Å². The number of benzene rings is 1. The second kappa shape index (κ2) is 6.97. The Hall–Kier alpha value is -2.19. The topological polar surface area (TPSA) is 77.5 Å². The highest BCUT2D eigenvalue weighted by molar-refractivity contribution is 9.11. The molecular weight excluding hydrogens is 456 g/mol. The lowest BCUT2D eigenvalue weighted by Crippen LogP contribution is -2.24. The molecule has 0 atom stereocenters. The lowest BCUT2D eigenvalue weighted by atomic mass is 10.2. The standard InChI is InChI=1S/C17H12Br2N2O4/c1-8-3-4-13-16(20-8)21-17(23)14(25-13)7-10-5-11(18)15(12(19)6-10)24-9(2)22/h3-7H,1-2H3,(H,20,21,23). The number of ether oxygens (including phenoxy) is 2. The number of hydrogen-bond acceptors (Lipinski definition) is 5. The van der Waals surface area contributed by atoms with Gasteiger partial charge < -0.3 is 14.8 Å². The predicted molar refractivity (Wildman–Crippen MR) is 99.4 cm³/mol. The fraction of sp³-hybridized carbons (Fsp3) is 0.118. The predicted octanol–water partition coefficient (Wildman–Crippen LogP) is 4.21. The van der Waals surface area contributed by atoms with Crippen molar-refractivity contribution < 1.29 is 19.1 Å². The molecule has 0 saturated carbocycles. The third-order valence-corrected chi connectivity index (χ3v) is 4.42. The number of aryl methyl sites for hydroxylation is 1. The summed E-state index contributed by atoms with van der Waals surface area (Å²) in [6, 6.07) is 6.99. The average molecular weight is 468 g/mol. The number of rotatable bonds is 2. The van der Waals surface area contributed by atoms with Gasteiger partial charge in [0.05, 0.1) is 8.95 Å². The molecule has 6 nitrogen and oxygen atoms in total. The summed E-state index contributed by atoms with van der Waals surface area (Å²) < 4.78 is 11.9. The van der Waals surface area contributed by atoms with Crippen molar-refractivity contribution in [3.8, 4) is 11.5 Å². The number of amides is 1. The number of carbonyl (C=O) groups is 2. The van der Waals surface area contributed by atoms with Crippen LogP contribution in [0.3, 0.4) is 0 Å². The molecule has 0 unspecified atom stereocenters. The molecule has 2 aromatic rings. The minimum absolute atomic E-state index is 0.136. The Morgan fingerprint density at radius 3 is 2.60 bits per heavy atom. The van der Waals surface area contributed by atoms with Crippen LogP contribution in [0.1, 0.15) is 18.2 Å². The first-order chi connectivity index (χ1) is 11.8. The molecule has 2 heterocycles. The lowest BCUT2D eigenvalue weighted by Gasteiger charge is -2.19. The molecule has 25 heavy (non-hydrogen) atoms. The number of pyridine rings is 1. The maximum atomic E-state index is 12.2. The molecule has 0 radical (unpaired) electrons. The van der Waals surface area contributed by atoms with Crippen LogP contribution in [0, 0.1) is 6.92 Å². The lowest BCUT2D eigenvalue weighted by molar-refractivity contribution is -0.132. The molecule has 8 heteroatoms. The summed E-state index contributed by atoms with van der Waals surface area (Å²) in [5, 5.41) is 2.70. The Balaban J connectivity index is 1.94. The van der Waals surface area contributed by atoms with Gasteiger partial charge in [0, 0.05) is 12.6 Å². The van der Waals surface area contributed by atoms with Crippen molar-refractivity contribution in [1.29, 1.82) is 0 Å². The highest BCUT2D eigenvalue weighted by Gasteiger charge is 2.23. The smallest absolute Gasteiger partial charge is 0.308 e. The molecule has 3 rings (SSSR count). The molecule has 0 aliphatic carbocycles. The summed E-state index contributed by atoms with van der Waals surface area (Å²) in [5.41, 5.74) is 1.47. The van der Waals surface area contributed by atoms with Gasteiger partial charge in [-0.05, 0) is 74.7 Å². The van der Waals surface area contributed by atoms with Crippen molar-refractivity contribution in [2.45, 2.75) is 13.8 Å². The summed E-state index contributed by atoms with van der Waals surface area (Å²) >= 11 is 6.70. The maximum Gasteiger partial charge on any atom is 0.308 e. The normalized spacial score (nSPS) is 14.6. The largest absolute Gasteiger partial charge is 0.448 e. The van der Waals surface area contributed by atoms with Crippen molar-refractivity contribution in [3.63, 3.8) is 0 Å². The van der Waals surface area contributed by atoms with Gasteiger partial charge in [0.15, 0.2) is 23.1 Å². The van der Waals surface area contributed by atoms with E-state index in [9.17, 15) is 9.59 Å². The van der Waals surface area contributed by atoms with Crippen molar-refractivity contribution in [2.75, 3.05) is 5.32 Å². The van der Waals surface area contributed by atoms with E-state index < -0.39 is 5.97 Å². The van der Waals surface area contributed by atoms with E-state index in [2.05, 4.69) is 42.2 Å². The quantitative estimate of drug-likeness (QED) is 0.406. The number of esters is 1. The van der Waals surface area contributed by atoms with Crippen LogP contribution in [-0.2, 0) is 9.59 Å². The zero-order valence-corrected chi connectivity index (χ0v) is 16.4. The minimum Gasteiger partial charge on any atom is -0.448 e. The third kappa shape index (κ3) is 3.91. The second-order valence-corrected chi connectivity index (χ2v) is 6.98. The van der Waals surface area contributed by atoms with E-state index in [4.69, 9.17) is 9.47 Å². The van der Waals surface area contributed by atoms with Gasteiger partial charge in [-0.25, -0.2) is 4.98 Å². The number of aromatic nitrogens is 1. The third-order valence-electron chi connectivity index (χ3n) is 3.24. The SMILES string of the molecule is CC(=O)Oc1c(Br)cc(C=C2Oc3ccc(C)nc3NC2=O)cc1Br. The summed E-state index contributed by atoms with van der Waals surface area (Å²) in [7, 11) is 0. The van der Waals surface area contributed by atoms with Gasteiger partial charge in [-0.3, -0.25) is 9.59 Å². The fourth-order valence-electron chi connectivity index (χ4n) is 2.20. The fourth-order valence-corrected chi connectivity index (χ4v) is 3.58. The number of fused-ring (bicyclic) bond motifs is 1. The molecule has 1 aliphatic heterocycles. The maximum absolute atomic E-state index is 12.2. The molecule has 1 aromatic heterocycles. The van der Waals surface area contributed by atoms with E-state index in [0.717, 1.165) is 5.69 Å². The van der Waals surface area contributed by atoms with Crippen LogP contribution in [0.25, 0.3) is 6.08 Å². The van der Waals surface area contributed by atoms with Crippen LogP contribution >= 0.6 is 31.9 Å². The Bertz CT molecular complexity index is 902. The average Bonchev–Trinajstić information content (AvgIpc) is 2.52. The molecule has 0 spiro atoms. The van der Waals surface area contributed by atoms with Crippen LogP contribution in [-0.4, -0.2) is 16.9 Å². The van der Waals surface area contributed by atoms with E-state index in [-0.39, 0.29) is 11.7 Å². The van der Waals surface area contributed by atoms with Crippen molar-refractivity contribution >= 4 is 55.6 Å². The first kappa shape index (κ1) is 17.6. The number of nitrogens with zero attached hydrogens (tertiary/aromatic N) is 1. The van der Waals surface area contributed by atoms with E-state index >= 15 is 0 Å². The molecule has 0 fully saturated rings. The van der Waals surface area contributed by atoms with Gasteiger partial charge in [-0.2, -0.15) is 0 Å². The molecule has 0 saturated heterocycles. The van der Waals surface area contributed by atoms with Crippen molar-refractivity contribution in [2.24, 2.45) is 0 Å². The van der Waals surface area contributed by atoms with Gasteiger partial charge in [0.1, 0.15) is 0 Å². The van der Waals surface area contributed by atoms with E-state index in [1.54, 1.807) is 30.3 Å². The Kier molecular flexibility index (Phi) is 4.91.